The largest absolute Gasteiger partial charge is 0.310 e. The summed E-state index contributed by atoms with van der Waals surface area (Å²) in [4.78, 5) is 15.5. The molecule has 2 spiro atoms. The molecule has 1 unspecified atom stereocenters. The summed E-state index contributed by atoms with van der Waals surface area (Å²) in [5.74, 6) is 0. The lowest BCUT2D eigenvalue weighted by molar-refractivity contribution is 0.620. The molecule has 1 atom stereocenters. The van der Waals surface area contributed by atoms with Gasteiger partial charge in [-0.15, -0.1) is 22.7 Å². The van der Waals surface area contributed by atoms with Crippen molar-refractivity contribution in [3.8, 4) is 32.0 Å². The van der Waals surface area contributed by atoms with Crippen LogP contribution in [0.5, 0.6) is 0 Å². The Bertz CT molecular complexity index is 4120. The van der Waals surface area contributed by atoms with Gasteiger partial charge < -0.3 is 9.80 Å². The van der Waals surface area contributed by atoms with Gasteiger partial charge in [0.05, 0.1) is 10.8 Å². The lowest BCUT2D eigenvalue weighted by Crippen LogP contribution is -2.44. The highest BCUT2D eigenvalue weighted by Gasteiger charge is 2.64. The fraction of sp³-hybridized carbons (Fsp3) is 0.0286. The molecule has 4 aliphatic rings. The molecule has 76 heavy (non-hydrogen) atoms. The van der Waals surface area contributed by atoms with Gasteiger partial charge in [0.25, 0.3) is 0 Å². The first kappa shape index (κ1) is 44.2. The molecule has 0 bridgehead atoms. The zero-order valence-corrected chi connectivity index (χ0v) is 44.2. The highest BCUT2D eigenvalue weighted by Crippen LogP contribution is 2.75. The lowest BCUT2D eigenvalue weighted by Gasteiger charge is -2.49. The van der Waals surface area contributed by atoms with E-state index in [-0.39, 0.29) is 0 Å². The highest BCUT2D eigenvalue weighted by molar-refractivity contribution is 7.99. The number of fused-ring (bicyclic) bond motifs is 9. The van der Waals surface area contributed by atoms with Crippen molar-refractivity contribution in [3.63, 3.8) is 0 Å². The van der Waals surface area contributed by atoms with Gasteiger partial charge >= 0.3 is 0 Å². The van der Waals surface area contributed by atoms with Crippen LogP contribution in [0.4, 0.5) is 34.1 Å². The van der Waals surface area contributed by atoms with Crippen molar-refractivity contribution in [3.05, 3.63) is 310 Å². The third-order valence-corrected chi connectivity index (χ3v) is 20.8. The fourth-order valence-electron chi connectivity index (χ4n) is 13.0. The SMILES string of the molecule is c1ccc(N(c2ccccc2)c2cccc(-c3cc4c(s3)C35c6ccccc6Sc6cccc(c63)-c3c(-c6cccc(N(c7ccccc7)c7ccccc7)c6)sc(c35)C43c4ccccc4Sc4ccccc43)c2)cc1. The average molecular weight is 1040 g/mol. The number of para-hydroxylation sites is 4. The van der Waals surface area contributed by atoms with Crippen LogP contribution in [0.1, 0.15) is 43.1 Å². The van der Waals surface area contributed by atoms with E-state index >= 15 is 0 Å². The summed E-state index contributed by atoms with van der Waals surface area (Å²) in [7, 11) is 0. The van der Waals surface area contributed by atoms with E-state index in [1.807, 2.05) is 46.2 Å². The van der Waals surface area contributed by atoms with Gasteiger partial charge in [-0.2, -0.15) is 0 Å². The Morgan fingerprint density at radius 3 is 1.25 bits per heavy atom. The minimum atomic E-state index is -0.627. The van der Waals surface area contributed by atoms with Crippen molar-refractivity contribution in [1.29, 1.82) is 0 Å². The van der Waals surface area contributed by atoms with Gasteiger partial charge in [-0.1, -0.05) is 187 Å². The van der Waals surface area contributed by atoms with Gasteiger partial charge in [0, 0.05) is 78.8 Å². The maximum atomic E-state index is 2.62. The maximum absolute atomic E-state index is 2.62. The molecule has 0 radical (unpaired) electrons. The number of thiophene rings is 2. The number of nitrogens with zero attached hydrogens (tertiary/aromatic N) is 2. The lowest BCUT2D eigenvalue weighted by atomic mass is 9.56. The standard InChI is InChI=1S/C70H44N2S4/c1-5-24-47(25-6-1)71(48-26-7-2-8-27-48)51-32-19-22-45(42-51)62-44-57-67(75-62)70-56-37-15-18-40-60(56)74-61-41-21-34-53(64(61)70)63-65(70)68(69(57)54-35-13-16-38-58(54)73-59-39-17-14-36-55(59)69)76-66(63)46-23-20-33-52(43-46)72(49-28-9-3-10-29-49)50-30-11-4-12-31-50/h1-44H. The molecule has 12 aromatic rings. The predicted octanol–water partition coefficient (Wildman–Crippen LogP) is 20.1. The molecule has 0 saturated carbocycles. The van der Waals surface area contributed by atoms with Gasteiger partial charge in [-0.25, -0.2) is 0 Å². The zero-order valence-electron chi connectivity index (χ0n) is 40.9. The Kier molecular flexibility index (Phi) is 10.0. The summed E-state index contributed by atoms with van der Waals surface area (Å²) in [5.41, 5.74) is 19.0. The number of anilines is 6. The van der Waals surface area contributed by atoms with Crippen molar-refractivity contribution in [2.75, 3.05) is 9.80 Å². The van der Waals surface area contributed by atoms with E-state index in [1.54, 1.807) is 0 Å². The summed E-state index contributed by atoms with van der Waals surface area (Å²) < 4.78 is 0. The van der Waals surface area contributed by atoms with Crippen LogP contribution in [0.15, 0.2) is 287 Å². The van der Waals surface area contributed by atoms with Crippen LogP contribution in [0, 0.1) is 0 Å². The molecular weight excluding hydrogens is 997 g/mol. The van der Waals surface area contributed by atoms with Crippen molar-refractivity contribution in [1.82, 2.24) is 0 Å². The molecule has 2 aliphatic heterocycles. The van der Waals surface area contributed by atoms with Gasteiger partial charge in [0.2, 0.25) is 0 Å². The topological polar surface area (TPSA) is 6.48 Å². The van der Waals surface area contributed by atoms with Crippen LogP contribution in [-0.2, 0) is 10.8 Å². The number of rotatable bonds is 8. The Hall–Kier alpha value is -8.10. The second-order valence-electron chi connectivity index (χ2n) is 19.8. The molecule has 0 saturated heterocycles. The van der Waals surface area contributed by atoms with Crippen LogP contribution >= 0.6 is 46.2 Å². The fourth-order valence-corrected chi connectivity index (χ4v) is 18.4. The van der Waals surface area contributed by atoms with E-state index in [0.29, 0.717) is 0 Å². The Morgan fingerprint density at radius 1 is 0.289 bits per heavy atom. The smallest absolute Gasteiger partial charge is 0.0843 e. The Morgan fingerprint density at radius 2 is 0.711 bits per heavy atom. The van der Waals surface area contributed by atoms with Gasteiger partial charge in [0.15, 0.2) is 0 Å². The van der Waals surface area contributed by atoms with E-state index in [0.717, 1.165) is 34.1 Å². The van der Waals surface area contributed by atoms with Crippen molar-refractivity contribution >= 4 is 80.3 Å². The molecule has 16 rings (SSSR count). The first-order chi connectivity index (χ1) is 37.7. The third kappa shape index (κ3) is 6.24. The monoisotopic (exact) mass is 1040 g/mol. The summed E-state index contributed by atoms with van der Waals surface area (Å²) in [6.07, 6.45) is 0. The molecule has 10 aromatic carbocycles. The minimum Gasteiger partial charge on any atom is -0.310 e. The minimum absolute atomic E-state index is 0.569. The van der Waals surface area contributed by atoms with Gasteiger partial charge in [-0.3, -0.25) is 0 Å². The maximum Gasteiger partial charge on any atom is 0.0843 e. The van der Waals surface area contributed by atoms with E-state index in [1.165, 1.54) is 94.7 Å². The number of hydrogen-bond acceptors (Lipinski definition) is 6. The summed E-state index contributed by atoms with van der Waals surface area (Å²) >= 11 is 7.89. The van der Waals surface area contributed by atoms with Crippen molar-refractivity contribution in [2.45, 2.75) is 30.4 Å². The molecule has 0 N–H and O–H groups in total. The molecule has 4 heterocycles. The predicted molar refractivity (Wildman–Crippen MR) is 320 cm³/mol. The zero-order chi connectivity index (χ0) is 50.0. The molecular formula is C70H44N2S4. The molecule has 6 heteroatoms. The Balaban J connectivity index is 1.01. The van der Waals surface area contributed by atoms with Gasteiger partial charge in [-0.05, 0) is 153 Å². The van der Waals surface area contributed by atoms with E-state index in [9.17, 15) is 0 Å². The van der Waals surface area contributed by atoms with E-state index < -0.39 is 10.8 Å². The summed E-state index contributed by atoms with van der Waals surface area (Å²) in [6, 6.07) is 99.4. The molecule has 2 aliphatic carbocycles. The van der Waals surface area contributed by atoms with Crippen LogP contribution in [0.2, 0.25) is 0 Å². The average Bonchev–Trinajstić information content (AvgIpc) is 3.86. The van der Waals surface area contributed by atoms with Crippen LogP contribution in [0.25, 0.3) is 32.0 Å². The quantitative estimate of drug-likeness (QED) is 0.150. The second-order valence-corrected chi connectivity index (χ2v) is 24.1. The molecule has 0 fully saturated rings. The molecule has 2 aromatic heterocycles. The molecule has 0 amide bonds. The van der Waals surface area contributed by atoms with E-state index in [2.05, 4.69) is 277 Å². The first-order valence-corrected chi connectivity index (χ1v) is 29.1. The van der Waals surface area contributed by atoms with E-state index in [4.69, 9.17) is 0 Å². The normalized spacial score (nSPS) is 15.4. The van der Waals surface area contributed by atoms with Crippen LogP contribution in [0.3, 0.4) is 0 Å². The third-order valence-electron chi connectivity index (χ3n) is 15.9. The summed E-state index contributed by atoms with van der Waals surface area (Å²) in [5, 5.41) is 0. The summed E-state index contributed by atoms with van der Waals surface area (Å²) in [6.45, 7) is 0. The van der Waals surface area contributed by atoms with Crippen LogP contribution in [-0.4, -0.2) is 0 Å². The van der Waals surface area contributed by atoms with Gasteiger partial charge in [0.1, 0.15) is 0 Å². The first-order valence-electron chi connectivity index (χ1n) is 25.8. The number of hydrogen-bond donors (Lipinski definition) is 0. The van der Waals surface area contributed by atoms with Crippen molar-refractivity contribution < 1.29 is 0 Å². The molecule has 2 nitrogen and oxygen atoms in total. The van der Waals surface area contributed by atoms with Crippen molar-refractivity contribution in [2.24, 2.45) is 0 Å². The second kappa shape index (κ2) is 17.2. The van der Waals surface area contributed by atoms with Crippen LogP contribution < -0.4 is 9.80 Å². The number of benzene rings is 10. The Labute approximate surface area is 459 Å². The molecule has 358 valence electrons. The highest BCUT2D eigenvalue weighted by atomic mass is 32.2.